The first-order chi connectivity index (χ1) is 9.17. The van der Waals surface area contributed by atoms with E-state index in [9.17, 15) is 4.39 Å². The third-order valence-electron chi connectivity index (χ3n) is 3.06. The highest BCUT2D eigenvalue weighted by Gasteiger charge is 2.11. The summed E-state index contributed by atoms with van der Waals surface area (Å²) in [5.74, 6) is -0.177. The molecule has 0 saturated heterocycles. The Morgan fingerprint density at radius 3 is 2.89 bits per heavy atom. The second kappa shape index (κ2) is 9.45. The zero-order valence-corrected chi connectivity index (χ0v) is 13.3. The van der Waals surface area contributed by atoms with E-state index in [0.717, 1.165) is 48.9 Å². The van der Waals surface area contributed by atoms with Gasteiger partial charge in [0.2, 0.25) is 0 Å². The molecule has 1 atom stereocenters. The highest BCUT2D eigenvalue weighted by molar-refractivity contribution is 9.10. The van der Waals surface area contributed by atoms with Gasteiger partial charge in [-0.05, 0) is 56.0 Å². The van der Waals surface area contributed by atoms with E-state index in [-0.39, 0.29) is 5.82 Å². The summed E-state index contributed by atoms with van der Waals surface area (Å²) in [5, 5.41) is 3.52. The van der Waals surface area contributed by atoms with E-state index in [0.29, 0.717) is 6.04 Å². The lowest BCUT2D eigenvalue weighted by atomic mass is 10.0. The number of ether oxygens (including phenoxy) is 1. The van der Waals surface area contributed by atoms with Gasteiger partial charge >= 0.3 is 0 Å². The van der Waals surface area contributed by atoms with Gasteiger partial charge in [-0.25, -0.2) is 4.39 Å². The van der Waals surface area contributed by atoms with E-state index in [4.69, 9.17) is 4.74 Å². The van der Waals surface area contributed by atoms with Crippen molar-refractivity contribution >= 4 is 15.9 Å². The maximum Gasteiger partial charge on any atom is 0.123 e. The molecule has 0 amide bonds. The van der Waals surface area contributed by atoms with Gasteiger partial charge in [-0.3, -0.25) is 0 Å². The Kier molecular flexibility index (Phi) is 8.26. The van der Waals surface area contributed by atoms with Crippen molar-refractivity contribution in [2.75, 3.05) is 20.3 Å². The summed E-state index contributed by atoms with van der Waals surface area (Å²) in [6.07, 6.45) is 3.99. The Morgan fingerprint density at radius 2 is 2.21 bits per heavy atom. The number of methoxy groups -OCH3 is 1. The molecular weight excluding hydrogens is 309 g/mol. The van der Waals surface area contributed by atoms with E-state index in [1.54, 1.807) is 19.2 Å². The first-order valence-electron chi connectivity index (χ1n) is 6.83. The van der Waals surface area contributed by atoms with E-state index < -0.39 is 0 Å². The van der Waals surface area contributed by atoms with Crippen LogP contribution in [0, 0.1) is 5.82 Å². The first kappa shape index (κ1) is 16.6. The van der Waals surface area contributed by atoms with Gasteiger partial charge in [0.05, 0.1) is 0 Å². The van der Waals surface area contributed by atoms with E-state index in [1.165, 1.54) is 6.07 Å². The standard InChI is InChI=1S/C15H23BrFNO/c1-3-8-18-14(5-4-9-19-2)11-12-10-13(17)6-7-15(12)16/h6-7,10,14,18H,3-5,8-9,11H2,1-2H3. The SMILES string of the molecule is CCCNC(CCCOC)Cc1cc(F)ccc1Br. The molecule has 19 heavy (non-hydrogen) atoms. The zero-order chi connectivity index (χ0) is 14.1. The van der Waals surface area contributed by atoms with Crippen molar-refractivity contribution in [3.8, 4) is 0 Å². The molecule has 0 bridgehead atoms. The van der Waals surface area contributed by atoms with Crippen LogP contribution in [0.1, 0.15) is 31.7 Å². The van der Waals surface area contributed by atoms with Crippen LogP contribution in [0.25, 0.3) is 0 Å². The fourth-order valence-electron chi connectivity index (χ4n) is 2.06. The molecule has 4 heteroatoms. The van der Waals surface area contributed by atoms with Crippen LogP contribution in [0.2, 0.25) is 0 Å². The summed E-state index contributed by atoms with van der Waals surface area (Å²) in [7, 11) is 1.72. The molecule has 1 aromatic rings. The first-order valence-corrected chi connectivity index (χ1v) is 7.63. The monoisotopic (exact) mass is 331 g/mol. The average molecular weight is 332 g/mol. The summed E-state index contributed by atoms with van der Waals surface area (Å²) >= 11 is 3.49. The second-order valence-corrected chi connectivity index (χ2v) is 5.58. The number of halogens is 2. The van der Waals surface area contributed by atoms with Gasteiger partial charge in [0.15, 0.2) is 0 Å². The van der Waals surface area contributed by atoms with Gasteiger partial charge in [0.1, 0.15) is 5.82 Å². The van der Waals surface area contributed by atoms with Crippen molar-refractivity contribution in [2.45, 2.75) is 38.6 Å². The van der Waals surface area contributed by atoms with Gasteiger partial charge in [-0.15, -0.1) is 0 Å². The summed E-state index contributed by atoms with van der Waals surface area (Å²) < 4.78 is 19.4. The third-order valence-corrected chi connectivity index (χ3v) is 3.83. The highest BCUT2D eigenvalue weighted by atomic mass is 79.9. The fraction of sp³-hybridized carbons (Fsp3) is 0.600. The molecule has 0 saturated carbocycles. The normalized spacial score (nSPS) is 12.6. The van der Waals surface area contributed by atoms with Crippen LogP contribution in [0.15, 0.2) is 22.7 Å². The van der Waals surface area contributed by atoms with Gasteiger partial charge in [0.25, 0.3) is 0 Å². The molecule has 2 nitrogen and oxygen atoms in total. The molecule has 108 valence electrons. The minimum atomic E-state index is -0.177. The van der Waals surface area contributed by atoms with Gasteiger partial charge in [0, 0.05) is 24.2 Å². The molecule has 1 rings (SSSR count). The van der Waals surface area contributed by atoms with Crippen LogP contribution in [-0.2, 0) is 11.2 Å². The molecule has 0 spiro atoms. The Labute approximate surface area is 123 Å². The second-order valence-electron chi connectivity index (χ2n) is 4.73. The van der Waals surface area contributed by atoms with E-state index in [1.807, 2.05) is 0 Å². The molecule has 1 unspecified atom stereocenters. The Hall–Kier alpha value is -0.450. The smallest absolute Gasteiger partial charge is 0.123 e. The maximum absolute atomic E-state index is 13.3. The molecule has 0 aliphatic heterocycles. The van der Waals surface area contributed by atoms with Crippen molar-refractivity contribution in [2.24, 2.45) is 0 Å². The van der Waals surface area contributed by atoms with Gasteiger partial charge in [-0.2, -0.15) is 0 Å². The predicted molar refractivity (Wildman–Crippen MR) is 81.0 cm³/mol. The highest BCUT2D eigenvalue weighted by Crippen LogP contribution is 2.20. The minimum Gasteiger partial charge on any atom is -0.385 e. The molecule has 0 aliphatic rings. The number of nitrogens with one attached hydrogen (secondary N) is 1. The molecule has 0 heterocycles. The Balaban J connectivity index is 2.61. The van der Waals surface area contributed by atoms with Crippen LogP contribution in [0.5, 0.6) is 0 Å². The number of hydrogen-bond acceptors (Lipinski definition) is 2. The summed E-state index contributed by atoms with van der Waals surface area (Å²) in [4.78, 5) is 0. The topological polar surface area (TPSA) is 21.3 Å². The fourth-order valence-corrected chi connectivity index (χ4v) is 2.47. The molecule has 0 aliphatic carbocycles. The summed E-state index contributed by atoms with van der Waals surface area (Å²) in [5.41, 5.74) is 1.02. The molecule has 1 N–H and O–H groups in total. The third kappa shape index (κ3) is 6.50. The molecule has 1 aromatic carbocycles. The van der Waals surface area contributed by atoms with E-state index in [2.05, 4.69) is 28.2 Å². The molecule has 0 radical (unpaired) electrons. The van der Waals surface area contributed by atoms with Crippen LogP contribution in [0.3, 0.4) is 0 Å². The van der Waals surface area contributed by atoms with Crippen molar-refractivity contribution in [3.05, 3.63) is 34.1 Å². The lowest BCUT2D eigenvalue weighted by molar-refractivity contribution is 0.188. The maximum atomic E-state index is 13.3. The van der Waals surface area contributed by atoms with Crippen LogP contribution in [0.4, 0.5) is 4.39 Å². The Bertz CT molecular complexity index is 373. The van der Waals surface area contributed by atoms with Crippen LogP contribution < -0.4 is 5.32 Å². The van der Waals surface area contributed by atoms with Crippen molar-refractivity contribution in [3.63, 3.8) is 0 Å². The number of hydrogen-bond donors (Lipinski definition) is 1. The van der Waals surface area contributed by atoms with Gasteiger partial charge in [-0.1, -0.05) is 22.9 Å². The summed E-state index contributed by atoms with van der Waals surface area (Å²) in [6, 6.07) is 5.23. The van der Waals surface area contributed by atoms with Crippen molar-refractivity contribution in [1.29, 1.82) is 0 Å². The minimum absolute atomic E-state index is 0.177. The quantitative estimate of drug-likeness (QED) is 0.692. The van der Waals surface area contributed by atoms with Crippen molar-refractivity contribution < 1.29 is 9.13 Å². The van der Waals surface area contributed by atoms with E-state index >= 15 is 0 Å². The number of benzene rings is 1. The largest absolute Gasteiger partial charge is 0.385 e. The number of rotatable bonds is 9. The predicted octanol–water partition coefficient (Wildman–Crippen LogP) is 3.93. The average Bonchev–Trinajstić information content (AvgIpc) is 2.40. The van der Waals surface area contributed by atoms with Crippen molar-refractivity contribution in [1.82, 2.24) is 5.32 Å². The summed E-state index contributed by atoms with van der Waals surface area (Å²) in [6.45, 7) is 3.91. The lowest BCUT2D eigenvalue weighted by Crippen LogP contribution is -2.32. The molecule has 0 fully saturated rings. The zero-order valence-electron chi connectivity index (χ0n) is 11.7. The van der Waals surface area contributed by atoms with Crippen LogP contribution >= 0.6 is 15.9 Å². The van der Waals surface area contributed by atoms with Gasteiger partial charge < -0.3 is 10.1 Å². The lowest BCUT2D eigenvalue weighted by Gasteiger charge is -2.19. The molecular formula is C15H23BrFNO. The molecule has 0 aromatic heterocycles. The Morgan fingerprint density at radius 1 is 1.42 bits per heavy atom. The van der Waals surface area contributed by atoms with Crippen LogP contribution in [-0.4, -0.2) is 26.3 Å².